The van der Waals surface area contributed by atoms with Crippen molar-refractivity contribution >= 4 is 23.8 Å². The summed E-state index contributed by atoms with van der Waals surface area (Å²) in [6.45, 7) is 10.8. The summed E-state index contributed by atoms with van der Waals surface area (Å²) in [5, 5.41) is 8.47. The first-order chi connectivity index (χ1) is 15.5. The zero-order chi connectivity index (χ0) is 24.2. The number of alkyl carbamates (subject to hydrolysis) is 1. The molecule has 3 rings (SSSR count). The van der Waals surface area contributed by atoms with Gasteiger partial charge in [-0.05, 0) is 64.2 Å². The summed E-state index contributed by atoms with van der Waals surface area (Å²) < 4.78 is 5.65. The lowest BCUT2D eigenvalue weighted by molar-refractivity contribution is -0.128. The van der Waals surface area contributed by atoms with E-state index in [0.717, 1.165) is 31.2 Å². The molecule has 3 N–H and O–H groups in total. The molecule has 0 aromatic carbocycles. The zero-order valence-electron chi connectivity index (χ0n) is 20.3. The third-order valence-corrected chi connectivity index (χ3v) is 6.06. The molecule has 1 unspecified atom stereocenters. The fourth-order valence-electron chi connectivity index (χ4n) is 4.36. The molecule has 9 nitrogen and oxygen atoms in total. The first kappa shape index (κ1) is 24.8. The number of carbonyl (C=O) groups is 3. The SMILES string of the molecule is CC1CCC(C(OC(=O)NC(C)(C)C)C(=O)Nc2cc(CN3C[C@@H](C)NC3=O)ccn2)CC1. The highest BCUT2D eigenvalue weighted by Crippen LogP contribution is 2.32. The van der Waals surface area contributed by atoms with E-state index in [1.165, 1.54) is 0 Å². The Morgan fingerprint density at radius 3 is 2.55 bits per heavy atom. The van der Waals surface area contributed by atoms with Crippen molar-refractivity contribution in [2.75, 3.05) is 11.9 Å². The Hall–Kier alpha value is -2.84. The number of nitrogens with one attached hydrogen (secondary N) is 3. The average molecular weight is 460 g/mol. The summed E-state index contributed by atoms with van der Waals surface area (Å²) in [6, 6.07) is 3.58. The van der Waals surface area contributed by atoms with Crippen molar-refractivity contribution in [2.45, 2.75) is 84.5 Å². The molecule has 0 spiro atoms. The van der Waals surface area contributed by atoms with Gasteiger partial charge in [0.05, 0.1) is 0 Å². The number of nitrogens with zero attached hydrogens (tertiary/aromatic N) is 2. The summed E-state index contributed by atoms with van der Waals surface area (Å²) >= 11 is 0. The van der Waals surface area contributed by atoms with E-state index < -0.39 is 17.7 Å². The summed E-state index contributed by atoms with van der Waals surface area (Å²) in [7, 11) is 0. The van der Waals surface area contributed by atoms with Crippen molar-refractivity contribution in [2.24, 2.45) is 11.8 Å². The Bertz CT molecular complexity index is 861. The van der Waals surface area contributed by atoms with Crippen LogP contribution in [-0.2, 0) is 16.1 Å². The lowest BCUT2D eigenvalue weighted by atomic mass is 9.80. The van der Waals surface area contributed by atoms with Crippen molar-refractivity contribution in [3.63, 3.8) is 0 Å². The number of hydrogen-bond donors (Lipinski definition) is 3. The predicted molar refractivity (Wildman–Crippen MR) is 126 cm³/mol. The molecule has 0 bridgehead atoms. The van der Waals surface area contributed by atoms with Crippen LogP contribution in [0.4, 0.5) is 15.4 Å². The van der Waals surface area contributed by atoms with Crippen LogP contribution in [0.25, 0.3) is 0 Å². The van der Waals surface area contributed by atoms with E-state index in [4.69, 9.17) is 4.74 Å². The van der Waals surface area contributed by atoms with E-state index in [0.29, 0.717) is 24.8 Å². The molecule has 4 amide bonds. The van der Waals surface area contributed by atoms with Crippen molar-refractivity contribution < 1.29 is 19.1 Å². The molecule has 33 heavy (non-hydrogen) atoms. The minimum Gasteiger partial charge on any atom is -0.436 e. The van der Waals surface area contributed by atoms with E-state index in [9.17, 15) is 14.4 Å². The number of carbonyl (C=O) groups excluding carboxylic acids is 3. The van der Waals surface area contributed by atoms with Crippen LogP contribution in [0.1, 0.15) is 65.9 Å². The third-order valence-electron chi connectivity index (χ3n) is 6.06. The molecule has 1 aromatic heterocycles. The molecule has 1 aliphatic heterocycles. The Morgan fingerprint density at radius 2 is 1.94 bits per heavy atom. The Morgan fingerprint density at radius 1 is 1.24 bits per heavy atom. The van der Waals surface area contributed by atoms with E-state index in [1.54, 1.807) is 17.2 Å². The van der Waals surface area contributed by atoms with Crippen LogP contribution in [0.3, 0.4) is 0 Å². The van der Waals surface area contributed by atoms with Crippen LogP contribution in [0.5, 0.6) is 0 Å². The first-order valence-corrected chi connectivity index (χ1v) is 11.8. The largest absolute Gasteiger partial charge is 0.436 e. The van der Waals surface area contributed by atoms with Crippen LogP contribution in [-0.4, -0.2) is 52.1 Å². The van der Waals surface area contributed by atoms with Gasteiger partial charge in [0.2, 0.25) is 0 Å². The van der Waals surface area contributed by atoms with Gasteiger partial charge in [-0.2, -0.15) is 0 Å². The zero-order valence-corrected chi connectivity index (χ0v) is 20.3. The van der Waals surface area contributed by atoms with Crippen molar-refractivity contribution in [1.29, 1.82) is 0 Å². The molecule has 0 radical (unpaired) electrons. The fraction of sp³-hybridized carbons (Fsp3) is 0.667. The number of aromatic nitrogens is 1. The van der Waals surface area contributed by atoms with E-state index in [-0.39, 0.29) is 23.9 Å². The molecule has 1 aromatic rings. The van der Waals surface area contributed by atoms with Gasteiger partial charge in [0, 0.05) is 36.8 Å². The second-order valence-corrected chi connectivity index (χ2v) is 10.5. The minimum atomic E-state index is -0.893. The molecule has 2 fully saturated rings. The molecular formula is C24H37N5O4. The molecular weight excluding hydrogens is 422 g/mol. The van der Waals surface area contributed by atoms with Crippen LogP contribution in [0.15, 0.2) is 18.3 Å². The number of anilines is 1. The summed E-state index contributed by atoms with van der Waals surface area (Å²) in [4.78, 5) is 43.7. The van der Waals surface area contributed by atoms with Crippen molar-refractivity contribution in [3.05, 3.63) is 23.9 Å². The van der Waals surface area contributed by atoms with Crippen LogP contribution in [0.2, 0.25) is 0 Å². The second-order valence-electron chi connectivity index (χ2n) is 10.5. The van der Waals surface area contributed by atoms with E-state index in [1.807, 2.05) is 33.8 Å². The number of ether oxygens (including phenoxy) is 1. The second kappa shape index (κ2) is 10.4. The van der Waals surface area contributed by atoms with Gasteiger partial charge in [-0.15, -0.1) is 0 Å². The van der Waals surface area contributed by atoms with Gasteiger partial charge in [0.1, 0.15) is 5.82 Å². The van der Waals surface area contributed by atoms with Crippen molar-refractivity contribution in [1.82, 2.24) is 20.5 Å². The maximum absolute atomic E-state index is 13.2. The molecule has 9 heteroatoms. The normalized spacial score (nSPS) is 24.1. The predicted octanol–water partition coefficient (Wildman–Crippen LogP) is 3.65. The average Bonchev–Trinajstić information content (AvgIpc) is 3.02. The fourth-order valence-corrected chi connectivity index (χ4v) is 4.36. The molecule has 1 saturated carbocycles. The van der Waals surface area contributed by atoms with Crippen LogP contribution < -0.4 is 16.0 Å². The van der Waals surface area contributed by atoms with Crippen LogP contribution in [0, 0.1) is 11.8 Å². The molecule has 1 aliphatic carbocycles. The van der Waals surface area contributed by atoms with Gasteiger partial charge < -0.3 is 25.6 Å². The lowest BCUT2D eigenvalue weighted by Gasteiger charge is -2.32. The maximum atomic E-state index is 13.2. The number of amides is 4. The summed E-state index contributed by atoms with van der Waals surface area (Å²) in [6.07, 6.45) is 3.78. The molecule has 2 atom stereocenters. The molecule has 2 aliphatic rings. The molecule has 1 saturated heterocycles. The number of rotatable bonds is 6. The monoisotopic (exact) mass is 459 g/mol. The Balaban J connectivity index is 1.69. The van der Waals surface area contributed by atoms with Gasteiger partial charge in [-0.3, -0.25) is 4.79 Å². The quantitative estimate of drug-likeness (QED) is 0.601. The topological polar surface area (TPSA) is 113 Å². The Kier molecular flexibility index (Phi) is 7.81. The van der Waals surface area contributed by atoms with Gasteiger partial charge in [-0.1, -0.05) is 19.8 Å². The van der Waals surface area contributed by atoms with E-state index in [2.05, 4.69) is 27.9 Å². The summed E-state index contributed by atoms with van der Waals surface area (Å²) in [5.41, 5.74) is 0.396. The molecule has 182 valence electrons. The van der Waals surface area contributed by atoms with Gasteiger partial charge in [-0.25, -0.2) is 14.6 Å². The highest BCUT2D eigenvalue weighted by molar-refractivity contribution is 5.94. The smallest absolute Gasteiger partial charge is 0.408 e. The standard InChI is InChI=1S/C24H37N5O4/c1-15-6-8-18(9-7-15)20(33-23(32)28-24(3,4)5)21(30)27-19-12-17(10-11-25-19)14-29-13-16(2)26-22(29)31/h10-12,15-16,18,20H,6-9,13-14H2,1-5H3,(H,26,31)(H,28,32)(H,25,27,30)/t15?,16-,18?,20?/m1/s1. The molecule has 2 heterocycles. The van der Waals surface area contributed by atoms with Gasteiger partial charge >= 0.3 is 12.1 Å². The lowest BCUT2D eigenvalue weighted by Crippen LogP contribution is -2.47. The van der Waals surface area contributed by atoms with Crippen molar-refractivity contribution in [3.8, 4) is 0 Å². The number of pyridine rings is 1. The summed E-state index contributed by atoms with van der Waals surface area (Å²) in [5.74, 6) is 0.567. The minimum absolute atomic E-state index is 0.0371. The third kappa shape index (κ3) is 7.33. The highest BCUT2D eigenvalue weighted by atomic mass is 16.6. The highest BCUT2D eigenvalue weighted by Gasteiger charge is 2.35. The Labute approximate surface area is 196 Å². The number of urea groups is 1. The van der Waals surface area contributed by atoms with Gasteiger partial charge in [0.25, 0.3) is 5.91 Å². The maximum Gasteiger partial charge on any atom is 0.408 e. The van der Waals surface area contributed by atoms with Gasteiger partial charge in [0.15, 0.2) is 6.10 Å². The first-order valence-electron chi connectivity index (χ1n) is 11.8. The van der Waals surface area contributed by atoms with E-state index >= 15 is 0 Å². The number of hydrogen-bond acceptors (Lipinski definition) is 5. The van der Waals surface area contributed by atoms with Crippen LogP contribution >= 0.6 is 0 Å².